The van der Waals surface area contributed by atoms with E-state index in [2.05, 4.69) is 0 Å². The summed E-state index contributed by atoms with van der Waals surface area (Å²) >= 11 is 0. The molecular weight excluding hydrogens is 223 g/mol. The van der Waals surface area contributed by atoms with Crippen LogP contribution in [-0.2, 0) is 0 Å². The number of hydrogen-bond donors (Lipinski definition) is 1. The first-order valence-corrected chi connectivity index (χ1v) is 5.93. The van der Waals surface area contributed by atoms with Crippen molar-refractivity contribution < 1.29 is 15.4 Å². The Balaban J connectivity index is 0.00000144. The molecule has 1 N–H and O–H groups in total. The summed E-state index contributed by atoms with van der Waals surface area (Å²) in [6, 6.07) is 18.2. The zero-order valence-electron chi connectivity index (χ0n) is 8.48. The van der Waals surface area contributed by atoms with Crippen molar-refractivity contribution in [1.82, 2.24) is 0 Å². The molecule has 0 aliphatic rings. The topological polar surface area (TPSA) is 38.7 Å². The van der Waals surface area contributed by atoms with E-state index in [0.717, 1.165) is 0 Å². The van der Waals surface area contributed by atoms with Gasteiger partial charge in [0.2, 0.25) is 0 Å². The average Bonchev–Trinajstić information content (AvgIpc) is 2.31. The van der Waals surface area contributed by atoms with Crippen molar-refractivity contribution in [1.29, 1.82) is 0 Å². The molecule has 2 rings (SSSR count). The molecule has 4 heteroatoms. The van der Waals surface area contributed by atoms with Crippen molar-refractivity contribution in [2.45, 2.75) is 0 Å². The Morgan fingerprint density at radius 3 is 1.50 bits per heavy atom. The van der Waals surface area contributed by atoms with Gasteiger partial charge in [0.1, 0.15) is 11.5 Å². The van der Waals surface area contributed by atoms with Crippen molar-refractivity contribution in [2.24, 2.45) is 0 Å². The molecule has 0 spiro atoms. The standard InChI is InChI=1S/C12H11O3P.H2/c13-16(14-11-7-3-1-4-8-11)15-12-9-5-2-6-10-12;/h1-10,13H;1H. The fourth-order valence-corrected chi connectivity index (χ4v) is 1.80. The highest BCUT2D eigenvalue weighted by Gasteiger charge is 2.10. The van der Waals surface area contributed by atoms with Crippen molar-refractivity contribution in [3.63, 3.8) is 0 Å². The molecule has 0 unspecified atom stereocenters. The molecule has 3 nitrogen and oxygen atoms in total. The van der Waals surface area contributed by atoms with Gasteiger partial charge < -0.3 is 13.9 Å². The maximum Gasteiger partial charge on any atom is 0.460 e. The van der Waals surface area contributed by atoms with E-state index in [-0.39, 0.29) is 1.43 Å². The van der Waals surface area contributed by atoms with Crippen molar-refractivity contribution >= 4 is 8.60 Å². The molecule has 0 radical (unpaired) electrons. The normalized spacial score (nSPS) is 10.1. The van der Waals surface area contributed by atoms with Crippen LogP contribution in [-0.4, -0.2) is 4.89 Å². The molecule has 0 aliphatic heterocycles. The SMILES string of the molecule is OP(Oc1ccccc1)Oc1ccccc1.[HH]. The van der Waals surface area contributed by atoms with Crippen LogP contribution in [0.4, 0.5) is 0 Å². The zero-order chi connectivity index (χ0) is 11.2. The van der Waals surface area contributed by atoms with Gasteiger partial charge in [-0.25, -0.2) is 0 Å². The minimum atomic E-state index is -1.93. The molecule has 2 aromatic carbocycles. The highest BCUT2D eigenvalue weighted by atomic mass is 31.2. The smallest absolute Gasteiger partial charge is 0.418 e. The largest absolute Gasteiger partial charge is 0.460 e. The molecular formula is C12H13O3P. The summed E-state index contributed by atoms with van der Waals surface area (Å²) < 4.78 is 10.4. The van der Waals surface area contributed by atoms with Gasteiger partial charge in [-0.3, -0.25) is 0 Å². The van der Waals surface area contributed by atoms with E-state index in [9.17, 15) is 4.89 Å². The third-order valence-corrected chi connectivity index (χ3v) is 2.59. The van der Waals surface area contributed by atoms with Crippen molar-refractivity contribution in [3.8, 4) is 11.5 Å². The molecule has 0 fully saturated rings. The van der Waals surface area contributed by atoms with Crippen LogP contribution in [0.2, 0.25) is 0 Å². The predicted octanol–water partition coefficient (Wildman–Crippen LogP) is 3.61. The second-order valence-electron chi connectivity index (χ2n) is 3.05. The third kappa shape index (κ3) is 3.23. The van der Waals surface area contributed by atoms with Gasteiger partial charge in [-0.1, -0.05) is 36.4 Å². The van der Waals surface area contributed by atoms with Gasteiger partial charge in [-0.05, 0) is 24.3 Å². The lowest BCUT2D eigenvalue weighted by Crippen LogP contribution is -1.93. The van der Waals surface area contributed by atoms with Crippen LogP contribution in [0.15, 0.2) is 60.7 Å². The summed E-state index contributed by atoms with van der Waals surface area (Å²) in [7, 11) is -1.93. The first-order chi connectivity index (χ1) is 7.84. The van der Waals surface area contributed by atoms with E-state index in [0.29, 0.717) is 11.5 Å². The average molecular weight is 236 g/mol. The van der Waals surface area contributed by atoms with Crippen LogP contribution < -0.4 is 9.05 Å². The Morgan fingerprint density at radius 2 is 1.12 bits per heavy atom. The molecule has 16 heavy (non-hydrogen) atoms. The summed E-state index contributed by atoms with van der Waals surface area (Å²) in [5, 5.41) is 0. The minimum absolute atomic E-state index is 0. The zero-order valence-corrected chi connectivity index (χ0v) is 9.38. The Labute approximate surface area is 96.8 Å². The van der Waals surface area contributed by atoms with E-state index >= 15 is 0 Å². The Hall–Kier alpha value is -1.57. The fraction of sp³-hybridized carbons (Fsp3) is 0. The summed E-state index contributed by atoms with van der Waals surface area (Å²) in [5.74, 6) is 1.18. The molecule has 0 aromatic heterocycles. The number of rotatable bonds is 4. The van der Waals surface area contributed by atoms with Gasteiger partial charge >= 0.3 is 8.60 Å². The van der Waals surface area contributed by atoms with Gasteiger partial charge in [0.15, 0.2) is 0 Å². The van der Waals surface area contributed by atoms with Crippen molar-refractivity contribution in [3.05, 3.63) is 60.7 Å². The molecule has 0 saturated heterocycles. The second-order valence-corrected chi connectivity index (χ2v) is 3.89. The Kier molecular flexibility index (Phi) is 3.76. The number of hydrogen-bond acceptors (Lipinski definition) is 3. The maximum atomic E-state index is 9.58. The lowest BCUT2D eigenvalue weighted by Gasteiger charge is -2.11. The van der Waals surface area contributed by atoms with Gasteiger partial charge in [0.25, 0.3) is 0 Å². The van der Waals surface area contributed by atoms with Gasteiger partial charge in [-0.2, -0.15) is 0 Å². The molecule has 0 amide bonds. The quantitative estimate of drug-likeness (QED) is 0.824. The molecule has 0 heterocycles. The fourth-order valence-electron chi connectivity index (χ4n) is 1.16. The molecule has 84 valence electrons. The van der Waals surface area contributed by atoms with E-state index in [4.69, 9.17) is 9.05 Å². The summed E-state index contributed by atoms with van der Waals surface area (Å²) in [6.45, 7) is 0. The number of para-hydroxylation sites is 2. The third-order valence-electron chi connectivity index (χ3n) is 1.85. The Bertz CT molecular complexity index is 383. The summed E-state index contributed by atoms with van der Waals surface area (Å²) in [5.41, 5.74) is 0. The lowest BCUT2D eigenvalue weighted by molar-refractivity contribution is 0.382. The highest BCUT2D eigenvalue weighted by molar-refractivity contribution is 7.41. The first kappa shape index (κ1) is 10.9. The highest BCUT2D eigenvalue weighted by Crippen LogP contribution is 2.35. The summed E-state index contributed by atoms with van der Waals surface area (Å²) in [4.78, 5) is 9.58. The van der Waals surface area contributed by atoms with Gasteiger partial charge in [0, 0.05) is 1.43 Å². The van der Waals surface area contributed by atoms with Crippen LogP contribution in [0, 0.1) is 0 Å². The molecule has 0 bridgehead atoms. The van der Waals surface area contributed by atoms with Crippen LogP contribution >= 0.6 is 8.60 Å². The van der Waals surface area contributed by atoms with Crippen LogP contribution in [0.25, 0.3) is 0 Å². The molecule has 0 atom stereocenters. The lowest BCUT2D eigenvalue weighted by atomic mass is 10.3. The monoisotopic (exact) mass is 236 g/mol. The van der Waals surface area contributed by atoms with Crippen molar-refractivity contribution in [2.75, 3.05) is 0 Å². The summed E-state index contributed by atoms with van der Waals surface area (Å²) in [6.07, 6.45) is 0. The van der Waals surface area contributed by atoms with E-state index in [1.54, 1.807) is 24.3 Å². The van der Waals surface area contributed by atoms with Crippen LogP contribution in [0.1, 0.15) is 1.43 Å². The van der Waals surface area contributed by atoms with E-state index in [1.807, 2.05) is 36.4 Å². The first-order valence-electron chi connectivity index (χ1n) is 4.79. The van der Waals surface area contributed by atoms with Crippen LogP contribution in [0.5, 0.6) is 11.5 Å². The second kappa shape index (κ2) is 5.50. The van der Waals surface area contributed by atoms with E-state index < -0.39 is 8.60 Å². The molecule has 0 aliphatic carbocycles. The molecule has 2 aromatic rings. The van der Waals surface area contributed by atoms with Gasteiger partial charge in [-0.15, -0.1) is 0 Å². The minimum Gasteiger partial charge on any atom is -0.418 e. The predicted molar refractivity (Wildman–Crippen MR) is 65.4 cm³/mol. The van der Waals surface area contributed by atoms with Crippen LogP contribution in [0.3, 0.4) is 0 Å². The van der Waals surface area contributed by atoms with Gasteiger partial charge in [0.05, 0.1) is 0 Å². The Morgan fingerprint density at radius 1 is 0.750 bits per heavy atom. The van der Waals surface area contributed by atoms with E-state index in [1.165, 1.54) is 0 Å². The maximum absolute atomic E-state index is 9.58. The molecule has 0 saturated carbocycles. The number of benzene rings is 2.